The number of hydrogen-bond acceptors (Lipinski definition) is 2. The van der Waals surface area contributed by atoms with Crippen molar-refractivity contribution in [3.05, 3.63) is 34.9 Å². The highest BCUT2D eigenvalue weighted by Gasteiger charge is 2.31. The van der Waals surface area contributed by atoms with Crippen LogP contribution >= 0.6 is 0 Å². The Morgan fingerprint density at radius 2 is 2.00 bits per heavy atom. The minimum Gasteiger partial charge on any atom is -0.480 e. The molecule has 2 N–H and O–H groups in total. The molecule has 0 saturated heterocycles. The summed E-state index contributed by atoms with van der Waals surface area (Å²) in [6, 6.07) is 3.70. The number of nitrogens with one attached hydrogen (secondary N) is 1. The van der Waals surface area contributed by atoms with Crippen LogP contribution < -0.4 is 5.32 Å². The van der Waals surface area contributed by atoms with Crippen LogP contribution in [-0.4, -0.2) is 23.8 Å². The van der Waals surface area contributed by atoms with Crippen molar-refractivity contribution in [3.8, 4) is 0 Å². The highest BCUT2D eigenvalue weighted by atomic mass is 19.4. The molecule has 1 aromatic carbocycles. The van der Waals surface area contributed by atoms with Crippen LogP contribution in [0.5, 0.6) is 0 Å². The highest BCUT2D eigenvalue weighted by molar-refractivity contribution is 5.76. The van der Waals surface area contributed by atoms with E-state index in [1.54, 1.807) is 32.0 Å². The Kier molecular flexibility index (Phi) is 4.34. The van der Waals surface area contributed by atoms with Gasteiger partial charge in [-0.25, -0.2) is 0 Å². The second-order valence-electron chi connectivity index (χ2n) is 4.13. The molecule has 0 aliphatic rings. The molecule has 18 heavy (non-hydrogen) atoms. The average molecular weight is 261 g/mol. The van der Waals surface area contributed by atoms with Crippen LogP contribution in [0.1, 0.15) is 22.7 Å². The summed E-state index contributed by atoms with van der Waals surface area (Å²) in [7, 11) is 0. The molecule has 0 spiro atoms. The number of benzene rings is 1. The monoisotopic (exact) mass is 261 g/mol. The zero-order chi connectivity index (χ0) is 13.9. The topological polar surface area (TPSA) is 49.3 Å². The van der Waals surface area contributed by atoms with E-state index in [0.29, 0.717) is 11.1 Å². The fourth-order valence-corrected chi connectivity index (χ4v) is 1.62. The first-order chi connectivity index (χ1) is 8.20. The van der Waals surface area contributed by atoms with E-state index in [2.05, 4.69) is 0 Å². The fourth-order valence-electron chi connectivity index (χ4n) is 1.62. The van der Waals surface area contributed by atoms with E-state index >= 15 is 0 Å². The third-order valence-electron chi connectivity index (χ3n) is 2.50. The maximum Gasteiger partial charge on any atom is 0.401 e. The Bertz CT molecular complexity index is 443. The molecule has 3 nitrogen and oxygen atoms in total. The van der Waals surface area contributed by atoms with E-state index in [9.17, 15) is 18.0 Å². The van der Waals surface area contributed by atoms with Crippen molar-refractivity contribution in [1.82, 2.24) is 5.32 Å². The van der Waals surface area contributed by atoms with Gasteiger partial charge in [0.1, 0.15) is 6.04 Å². The van der Waals surface area contributed by atoms with Crippen molar-refractivity contribution < 1.29 is 23.1 Å². The number of rotatable bonds is 4. The standard InChI is InChI=1S/C12H14F3NO2/c1-7-3-4-8(2)9(5-7)10(11(17)18)16-6-12(13,14)15/h3-5,10,16H,6H2,1-2H3,(H,17,18). The van der Waals surface area contributed by atoms with Crippen LogP contribution in [-0.2, 0) is 4.79 Å². The number of halogens is 3. The Labute approximate surface area is 103 Å². The molecule has 0 aliphatic carbocycles. The quantitative estimate of drug-likeness (QED) is 0.875. The van der Waals surface area contributed by atoms with E-state index in [0.717, 1.165) is 5.56 Å². The summed E-state index contributed by atoms with van der Waals surface area (Å²) in [4.78, 5) is 11.1. The number of aliphatic carboxylic acids is 1. The molecule has 0 aliphatic heterocycles. The van der Waals surface area contributed by atoms with Crippen LogP contribution in [0, 0.1) is 13.8 Å². The normalized spacial score (nSPS) is 13.4. The van der Waals surface area contributed by atoms with Gasteiger partial charge in [0.05, 0.1) is 6.54 Å². The van der Waals surface area contributed by atoms with Gasteiger partial charge >= 0.3 is 12.1 Å². The SMILES string of the molecule is Cc1ccc(C)c(C(NCC(F)(F)F)C(=O)O)c1. The van der Waals surface area contributed by atoms with Crippen molar-refractivity contribution in [2.45, 2.75) is 26.1 Å². The van der Waals surface area contributed by atoms with E-state index in [1.807, 2.05) is 5.32 Å². The Balaban J connectivity index is 2.98. The molecule has 0 radical (unpaired) electrons. The number of carboxylic acids is 1. The van der Waals surface area contributed by atoms with Gasteiger partial charge in [0, 0.05) is 0 Å². The molecule has 1 unspecified atom stereocenters. The maximum atomic E-state index is 12.1. The number of hydrogen-bond donors (Lipinski definition) is 2. The first-order valence-corrected chi connectivity index (χ1v) is 5.31. The fraction of sp³-hybridized carbons (Fsp3) is 0.417. The maximum absolute atomic E-state index is 12.1. The zero-order valence-electron chi connectivity index (χ0n) is 10.0. The predicted molar refractivity (Wildman–Crippen MR) is 60.4 cm³/mol. The average Bonchev–Trinajstić information content (AvgIpc) is 2.21. The highest BCUT2D eigenvalue weighted by Crippen LogP contribution is 2.21. The summed E-state index contributed by atoms with van der Waals surface area (Å²) in [5, 5.41) is 11.0. The molecule has 1 aromatic rings. The second-order valence-corrected chi connectivity index (χ2v) is 4.13. The molecule has 0 saturated carbocycles. The third kappa shape index (κ3) is 4.03. The molecule has 6 heteroatoms. The van der Waals surface area contributed by atoms with Crippen molar-refractivity contribution >= 4 is 5.97 Å². The van der Waals surface area contributed by atoms with Gasteiger partial charge in [-0.3, -0.25) is 10.1 Å². The van der Waals surface area contributed by atoms with Gasteiger partial charge in [0.25, 0.3) is 0 Å². The third-order valence-corrected chi connectivity index (χ3v) is 2.50. The van der Waals surface area contributed by atoms with Crippen molar-refractivity contribution in [2.75, 3.05) is 6.54 Å². The van der Waals surface area contributed by atoms with Crippen molar-refractivity contribution in [3.63, 3.8) is 0 Å². The van der Waals surface area contributed by atoms with Crippen LogP contribution in [0.2, 0.25) is 0 Å². The minimum atomic E-state index is -4.44. The second kappa shape index (κ2) is 5.39. The molecule has 0 amide bonds. The van der Waals surface area contributed by atoms with Crippen molar-refractivity contribution in [1.29, 1.82) is 0 Å². The summed E-state index contributed by atoms with van der Waals surface area (Å²) in [6.07, 6.45) is -4.44. The number of alkyl halides is 3. The molecule has 100 valence electrons. The van der Waals surface area contributed by atoms with Crippen LogP contribution in [0.4, 0.5) is 13.2 Å². The predicted octanol–water partition coefficient (Wildman–Crippen LogP) is 2.58. The molecular weight excluding hydrogens is 247 g/mol. The molecule has 0 heterocycles. The Morgan fingerprint density at radius 1 is 1.39 bits per heavy atom. The first kappa shape index (κ1) is 14.5. The zero-order valence-corrected chi connectivity index (χ0v) is 10.0. The lowest BCUT2D eigenvalue weighted by atomic mass is 9.99. The van der Waals surface area contributed by atoms with E-state index in [1.165, 1.54) is 0 Å². The van der Waals surface area contributed by atoms with E-state index in [4.69, 9.17) is 5.11 Å². The summed E-state index contributed by atoms with van der Waals surface area (Å²) in [6.45, 7) is 2.09. The molecule has 1 atom stereocenters. The molecule has 0 fully saturated rings. The van der Waals surface area contributed by atoms with Gasteiger partial charge in [-0.1, -0.05) is 23.8 Å². The molecular formula is C12H14F3NO2. The number of carbonyl (C=O) groups is 1. The van der Waals surface area contributed by atoms with Gasteiger partial charge in [-0.05, 0) is 25.0 Å². The molecule has 0 aromatic heterocycles. The smallest absolute Gasteiger partial charge is 0.401 e. The summed E-state index contributed by atoms with van der Waals surface area (Å²) in [5.74, 6) is -1.33. The van der Waals surface area contributed by atoms with Crippen LogP contribution in [0.3, 0.4) is 0 Å². The lowest BCUT2D eigenvalue weighted by molar-refractivity contribution is -0.143. The van der Waals surface area contributed by atoms with Crippen LogP contribution in [0.15, 0.2) is 18.2 Å². The van der Waals surface area contributed by atoms with Gasteiger partial charge < -0.3 is 5.11 Å². The lowest BCUT2D eigenvalue weighted by Gasteiger charge is -2.18. The Morgan fingerprint density at radius 3 is 2.50 bits per heavy atom. The Hall–Kier alpha value is -1.56. The summed E-state index contributed by atoms with van der Waals surface area (Å²) < 4.78 is 36.4. The van der Waals surface area contributed by atoms with Gasteiger partial charge in [-0.2, -0.15) is 13.2 Å². The molecule has 0 bridgehead atoms. The lowest BCUT2D eigenvalue weighted by Crippen LogP contribution is -2.36. The largest absolute Gasteiger partial charge is 0.480 e. The van der Waals surface area contributed by atoms with Crippen molar-refractivity contribution in [2.24, 2.45) is 0 Å². The number of carboxylic acid groups (broad SMARTS) is 1. The van der Waals surface area contributed by atoms with Gasteiger partial charge in [0.15, 0.2) is 0 Å². The summed E-state index contributed by atoms with van der Waals surface area (Å²) >= 11 is 0. The van der Waals surface area contributed by atoms with Gasteiger partial charge in [0.2, 0.25) is 0 Å². The minimum absolute atomic E-state index is 0.353. The van der Waals surface area contributed by atoms with Crippen LogP contribution in [0.25, 0.3) is 0 Å². The van der Waals surface area contributed by atoms with Gasteiger partial charge in [-0.15, -0.1) is 0 Å². The van der Waals surface area contributed by atoms with E-state index < -0.39 is 24.7 Å². The number of aryl methyl sites for hydroxylation is 2. The molecule has 1 rings (SSSR count). The summed E-state index contributed by atoms with van der Waals surface area (Å²) in [5.41, 5.74) is 1.80. The first-order valence-electron chi connectivity index (χ1n) is 5.31. The van der Waals surface area contributed by atoms with E-state index in [-0.39, 0.29) is 0 Å².